The molecular weight excluding hydrogens is 266 g/mol. The molecule has 3 rings (SSSR count). The summed E-state index contributed by atoms with van der Waals surface area (Å²) in [7, 11) is 0. The number of benzene rings is 1. The van der Waals surface area contributed by atoms with Gasteiger partial charge in [-0.15, -0.1) is 0 Å². The zero-order valence-electron chi connectivity index (χ0n) is 13.2. The number of hydrogen-bond acceptors (Lipinski definition) is 3. The van der Waals surface area contributed by atoms with Gasteiger partial charge in [0.05, 0.1) is 5.54 Å². The number of anilines is 1. The minimum Gasteiger partial charge on any atom is -0.481 e. The van der Waals surface area contributed by atoms with Gasteiger partial charge in [0.1, 0.15) is 5.75 Å². The van der Waals surface area contributed by atoms with Gasteiger partial charge in [0.25, 0.3) is 0 Å². The maximum Gasteiger partial charge on any atom is 0.341 e. The van der Waals surface area contributed by atoms with Gasteiger partial charge >= 0.3 is 5.97 Å². The van der Waals surface area contributed by atoms with Gasteiger partial charge < -0.3 is 14.7 Å². The SMILES string of the molecule is CCC12CCc3c(C)c(OCC(=O)O)c(C)c(C)c3N1C2. The summed E-state index contributed by atoms with van der Waals surface area (Å²) < 4.78 is 5.56. The monoisotopic (exact) mass is 289 g/mol. The molecule has 1 fully saturated rings. The molecule has 1 unspecified atom stereocenters. The minimum absolute atomic E-state index is 0.275. The summed E-state index contributed by atoms with van der Waals surface area (Å²) in [6.07, 6.45) is 3.45. The summed E-state index contributed by atoms with van der Waals surface area (Å²) in [5, 5.41) is 8.85. The van der Waals surface area contributed by atoms with Gasteiger partial charge in [-0.3, -0.25) is 0 Å². The zero-order chi connectivity index (χ0) is 15.4. The molecule has 0 bridgehead atoms. The Labute approximate surface area is 125 Å². The Morgan fingerprint density at radius 3 is 2.62 bits per heavy atom. The van der Waals surface area contributed by atoms with Gasteiger partial charge in [-0.2, -0.15) is 0 Å². The number of aliphatic carboxylic acids is 1. The van der Waals surface area contributed by atoms with E-state index in [2.05, 4.69) is 25.7 Å². The molecule has 4 heteroatoms. The molecule has 1 aromatic carbocycles. The average molecular weight is 289 g/mol. The molecule has 4 nitrogen and oxygen atoms in total. The second kappa shape index (κ2) is 4.65. The normalized spacial score (nSPS) is 22.6. The number of carboxylic acid groups (broad SMARTS) is 1. The lowest BCUT2D eigenvalue weighted by Crippen LogP contribution is -2.25. The molecule has 0 spiro atoms. The molecule has 2 aliphatic heterocycles. The van der Waals surface area contributed by atoms with Crippen molar-refractivity contribution < 1.29 is 14.6 Å². The van der Waals surface area contributed by atoms with E-state index in [4.69, 9.17) is 9.84 Å². The van der Waals surface area contributed by atoms with Crippen LogP contribution in [0.2, 0.25) is 0 Å². The molecule has 21 heavy (non-hydrogen) atoms. The lowest BCUT2D eigenvalue weighted by atomic mass is 9.87. The Kier molecular flexibility index (Phi) is 3.15. The number of carbonyl (C=O) groups is 1. The first-order valence-electron chi connectivity index (χ1n) is 7.66. The number of carboxylic acids is 1. The highest BCUT2D eigenvalue weighted by atomic mass is 16.5. The fourth-order valence-corrected chi connectivity index (χ4v) is 3.82. The first-order chi connectivity index (χ1) is 9.91. The first-order valence-corrected chi connectivity index (χ1v) is 7.66. The minimum atomic E-state index is -0.930. The van der Waals surface area contributed by atoms with Gasteiger partial charge in [-0.1, -0.05) is 6.92 Å². The van der Waals surface area contributed by atoms with Crippen molar-refractivity contribution >= 4 is 11.7 Å². The van der Waals surface area contributed by atoms with E-state index >= 15 is 0 Å². The predicted octanol–water partition coefficient (Wildman–Crippen LogP) is 2.99. The second-order valence-electron chi connectivity index (χ2n) is 6.38. The number of ether oxygens (including phenoxy) is 1. The maximum atomic E-state index is 10.8. The van der Waals surface area contributed by atoms with Crippen LogP contribution in [0.15, 0.2) is 0 Å². The summed E-state index contributed by atoms with van der Waals surface area (Å²) in [5.41, 5.74) is 6.55. The fourth-order valence-electron chi connectivity index (χ4n) is 3.82. The van der Waals surface area contributed by atoms with Gasteiger partial charge in [0.15, 0.2) is 6.61 Å². The summed E-state index contributed by atoms with van der Waals surface area (Å²) in [6, 6.07) is 0. The van der Waals surface area contributed by atoms with Crippen LogP contribution in [-0.4, -0.2) is 29.8 Å². The van der Waals surface area contributed by atoms with E-state index < -0.39 is 5.97 Å². The molecule has 0 saturated carbocycles. The first kappa shape index (κ1) is 14.2. The highest BCUT2D eigenvalue weighted by molar-refractivity contribution is 5.75. The Bertz CT molecular complexity index is 623. The zero-order valence-corrected chi connectivity index (χ0v) is 13.2. The average Bonchev–Trinajstić information content (AvgIpc) is 3.19. The van der Waals surface area contributed by atoms with Gasteiger partial charge in [-0.25, -0.2) is 4.79 Å². The van der Waals surface area contributed by atoms with Crippen molar-refractivity contribution in [1.82, 2.24) is 0 Å². The quantitative estimate of drug-likeness (QED) is 0.866. The molecule has 0 radical (unpaired) electrons. The van der Waals surface area contributed by atoms with Crippen LogP contribution in [0, 0.1) is 20.8 Å². The van der Waals surface area contributed by atoms with E-state index in [1.807, 2.05) is 6.92 Å². The fraction of sp³-hybridized carbons (Fsp3) is 0.588. The van der Waals surface area contributed by atoms with E-state index in [0.717, 1.165) is 29.8 Å². The molecule has 0 aromatic heterocycles. The van der Waals surface area contributed by atoms with Crippen molar-refractivity contribution in [2.75, 3.05) is 18.1 Å². The van der Waals surface area contributed by atoms with E-state index in [1.54, 1.807) is 0 Å². The van der Waals surface area contributed by atoms with Crippen LogP contribution in [0.25, 0.3) is 0 Å². The van der Waals surface area contributed by atoms with Crippen molar-refractivity contribution in [2.45, 2.75) is 52.5 Å². The van der Waals surface area contributed by atoms with Crippen molar-refractivity contribution in [1.29, 1.82) is 0 Å². The Morgan fingerprint density at radius 2 is 2.00 bits per heavy atom. The van der Waals surface area contributed by atoms with Gasteiger partial charge in [-0.05, 0) is 62.3 Å². The molecule has 1 aromatic rings. The third-order valence-corrected chi connectivity index (χ3v) is 5.37. The van der Waals surface area contributed by atoms with Gasteiger partial charge in [0.2, 0.25) is 0 Å². The largest absolute Gasteiger partial charge is 0.481 e. The molecular formula is C17H23NO3. The van der Waals surface area contributed by atoms with Crippen molar-refractivity contribution in [3.63, 3.8) is 0 Å². The van der Waals surface area contributed by atoms with E-state index in [9.17, 15) is 4.79 Å². The Balaban J connectivity index is 2.05. The van der Waals surface area contributed by atoms with Crippen LogP contribution in [-0.2, 0) is 11.2 Å². The van der Waals surface area contributed by atoms with Gasteiger partial charge in [0, 0.05) is 12.2 Å². The van der Waals surface area contributed by atoms with Crippen LogP contribution in [0.3, 0.4) is 0 Å². The van der Waals surface area contributed by atoms with E-state index in [0.29, 0.717) is 5.54 Å². The Hall–Kier alpha value is -1.71. The molecule has 2 heterocycles. The predicted molar refractivity (Wildman–Crippen MR) is 82.5 cm³/mol. The summed E-state index contributed by atoms with van der Waals surface area (Å²) >= 11 is 0. The molecule has 0 amide bonds. The topological polar surface area (TPSA) is 49.5 Å². The number of fused-ring (bicyclic) bond motifs is 3. The highest BCUT2D eigenvalue weighted by Gasteiger charge is 2.54. The van der Waals surface area contributed by atoms with Crippen molar-refractivity contribution in [2.24, 2.45) is 0 Å². The summed E-state index contributed by atoms with van der Waals surface area (Å²) in [6.45, 7) is 9.38. The maximum absolute atomic E-state index is 10.8. The number of rotatable bonds is 4. The summed E-state index contributed by atoms with van der Waals surface area (Å²) in [4.78, 5) is 13.3. The third-order valence-electron chi connectivity index (χ3n) is 5.37. The Morgan fingerprint density at radius 1 is 1.29 bits per heavy atom. The lowest BCUT2D eigenvalue weighted by molar-refractivity contribution is -0.139. The highest BCUT2D eigenvalue weighted by Crippen LogP contribution is 2.53. The standard InChI is InChI=1S/C17H23NO3/c1-5-17-7-6-13-12(4)16(21-8-14(19)20)11(3)10(2)15(13)18(17)9-17/h5-9H2,1-4H3,(H,19,20). The second-order valence-corrected chi connectivity index (χ2v) is 6.38. The van der Waals surface area contributed by atoms with Crippen molar-refractivity contribution in [3.05, 3.63) is 22.3 Å². The van der Waals surface area contributed by atoms with Crippen LogP contribution >= 0.6 is 0 Å². The molecule has 114 valence electrons. The van der Waals surface area contributed by atoms with Crippen LogP contribution in [0.1, 0.15) is 42.0 Å². The van der Waals surface area contributed by atoms with Crippen molar-refractivity contribution in [3.8, 4) is 5.75 Å². The van der Waals surface area contributed by atoms with E-state index in [1.165, 1.54) is 29.7 Å². The summed E-state index contributed by atoms with van der Waals surface area (Å²) in [5.74, 6) is -0.167. The number of hydrogen-bond donors (Lipinski definition) is 1. The lowest BCUT2D eigenvalue weighted by Gasteiger charge is -2.30. The van der Waals surface area contributed by atoms with Crippen LogP contribution in [0.4, 0.5) is 5.69 Å². The molecule has 1 N–H and O–H groups in total. The molecule has 1 saturated heterocycles. The number of nitrogens with zero attached hydrogens (tertiary/aromatic N) is 1. The molecule has 1 atom stereocenters. The smallest absolute Gasteiger partial charge is 0.341 e. The van der Waals surface area contributed by atoms with Crippen LogP contribution < -0.4 is 9.64 Å². The molecule has 2 aliphatic rings. The van der Waals surface area contributed by atoms with Crippen LogP contribution in [0.5, 0.6) is 5.75 Å². The molecule has 0 aliphatic carbocycles. The third kappa shape index (κ3) is 2.00. The van der Waals surface area contributed by atoms with E-state index in [-0.39, 0.29) is 6.61 Å².